The van der Waals surface area contributed by atoms with Gasteiger partial charge in [-0.25, -0.2) is 4.68 Å². The highest BCUT2D eigenvalue weighted by Crippen LogP contribution is 2.19. The standard InChI is InChI=1S/C14H17BrN2/c1-3-5-14-12(9-15)10-16-17(14)13-7-4-6-11(2)8-13/h4,6-8,10H,3,5,9H2,1-2H3. The Kier molecular flexibility index (Phi) is 4.00. The first-order chi connectivity index (χ1) is 8.26. The second kappa shape index (κ2) is 5.50. The maximum atomic E-state index is 4.50. The van der Waals surface area contributed by atoms with Crippen LogP contribution in [0.3, 0.4) is 0 Å². The monoisotopic (exact) mass is 292 g/mol. The second-order valence-corrected chi connectivity index (χ2v) is 4.81. The summed E-state index contributed by atoms with van der Waals surface area (Å²) in [5.41, 5.74) is 5.02. The first-order valence-electron chi connectivity index (χ1n) is 5.95. The SMILES string of the molecule is CCCc1c(CBr)cnn1-c1cccc(C)c1. The molecule has 1 aromatic carbocycles. The zero-order valence-electron chi connectivity index (χ0n) is 10.3. The van der Waals surface area contributed by atoms with E-state index in [4.69, 9.17) is 0 Å². The summed E-state index contributed by atoms with van der Waals surface area (Å²) in [6.07, 6.45) is 4.16. The first-order valence-corrected chi connectivity index (χ1v) is 7.07. The molecule has 0 aliphatic rings. The minimum atomic E-state index is 0.869. The van der Waals surface area contributed by atoms with Crippen LogP contribution in [0.2, 0.25) is 0 Å². The van der Waals surface area contributed by atoms with Crippen LogP contribution in [0, 0.1) is 6.92 Å². The van der Waals surface area contributed by atoms with Gasteiger partial charge in [0, 0.05) is 16.6 Å². The maximum absolute atomic E-state index is 4.50. The minimum absolute atomic E-state index is 0.869. The molecule has 0 amide bonds. The van der Waals surface area contributed by atoms with Crippen molar-refractivity contribution in [3.8, 4) is 5.69 Å². The summed E-state index contributed by atoms with van der Waals surface area (Å²) < 4.78 is 2.06. The van der Waals surface area contributed by atoms with Crippen molar-refractivity contribution in [3.63, 3.8) is 0 Å². The Morgan fingerprint density at radius 3 is 2.82 bits per heavy atom. The van der Waals surface area contributed by atoms with Gasteiger partial charge in [-0.15, -0.1) is 0 Å². The molecular formula is C14H17BrN2. The van der Waals surface area contributed by atoms with Crippen LogP contribution in [0.1, 0.15) is 30.2 Å². The van der Waals surface area contributed by atoms with Gasteiger partial charge >= 0.3 is 0 Å². The van der Waals surface area contributed by atoms with Gasteiger partial charge in [-0.2, -0.15) is 5.10 Å². The molecule has 0 atom stereocenters. The zero-order valence-corrected chi connectivity index (χ0v) is 11.9. The highest BCUT2D eigenvalue weighted by atomic mass is 79.9. The topological polar surface area (TPSA) is 17.8 Å². The fourth-order valence-electron chi connectivity index (χ4n) is 2.00. The van der Waals surface area contributed by atoms with E-state index in [-0.39, 0.29) is 0 Å². The van der Waals surface area contributed by atoms with Gasteiger partial charge in [0.1, 0.15) is 0 Å². The molecule has 2 nitrogen and oxygen atoms in total. The third kappa shape index (κ3) is 2.60. The highest BCUT2D eigenvalue weighted by molar-refractivity contribution is 9.08. The van der Waals surface area contributed by atoms with Crippen LogP contribution in [0.25, 0.3) is 5.69 Å². The number of nitrogens with zero attached hydrogens (tertiary/aromatic N) is 2. The molecule has 3 heteroatoms. The predicted molar refractivity (Wildman–Crippen MR) is 74.9 cm³/mol. The van der Waals surface area contributed by atoms with Crippen LogP contribution in [0.5, 0.6) is 0 Å². The van der Waals surface area contributed by atoms with Crippen molar-refractivity contribution in [1.29, 1.82) is 0 Å². The Bertz CT molecular complexity index is 503. The summed E-state index contributed by atoms with van der Waals surface area (Å²) in [7, 11) is 0. The third-order valence-corrected chi connectivity index (χ3v) is 3.44. The maximum Gasteiger partial charge on any atom is 0.0651 e. The van der Waals surface area contributed by atoms with E-state index < -0.39 is 0 Å². The molecule has 90 valence electrons. The zero-order chi connectivity index (χ0) is 12.3. The molecule has 17 heavy (non-hydrogen) atoms. The van der Waals surface area contributed by atoms with Gasteiger partial charge in [-0.1, -0.05) is 41.4 Å². The number of halogens is 1. The van der Waals surface area contributed by atoms with Crippen LogP contribution >= 0.6 is 15.9 Å². The fourth-order valence-corrected chi connectivity index (χ4v) is 2.47. The lowest BCUT2D eigenvalue weighted by Crippen LogP contribution is -2.03. The molecule has 0 aliphatic heterocycles. The number of alkyl halides is 1. The molecule has 1 heterocycles. The van der Waals surface area contributed by atoms with Crippen molar-refractivity contribution in [3.05, 3.63) is 47.3 Å². The quantitative estimate of drug-likeness (QED) is 0.778. The van der Waals surface area contributed by atoms with E-state index in [9.17, 15) is 0 Å². The number of aromatic nitrogens is 2. The molecule has 0 N–H and O–H groups in total. The molecule has 0 unspecified atom stereocenters. The lowest BCUT2D eigenvalue weighted by atomic mass is 10.1. The third-order valence-electron chi connectivity index (χ3n) is 2.83. The molecule has 0 saturated carbocycles. The number of hydrogen-bond donors (Lipinski definition) is 0. The molecular weight excluding hydrogens is 276 g/mol. The Balaban J connectivity index is 2.47. The molecule has 0 radical (unpaired) electrons. The van der Waals surface area contributed by atoms with Gasteiger partial charge in [0.2, 0.25) is 0 Å². The average molecular weight is 293 g/mol. The van der Waals surface area contributed by atoms with Crippen molar-refractivity contribution < 1.29 is 0 Å². The minimum Gasteiger partial charge on any atom is -0.238 e. The van der Waals surface area contributed by atoms with Gasteiger partial charge in [0.05, 0.1) is 11.9 Å². The summed E-state index contributed by atoms with van der Waals surface area (Å²) in [5, 5.41) is 5.37. The van der Waals surface area contributed by atoms with Crippen molar-refractivity contribution in [2.45, 2.75) is 32.0 Å². The van der Waals surface area contributed by atoms with Crippen molar-refractivity contribution >= 4 is 15.9 Å². The van der Waals surface area contributed by atoms with Crippen LogP contribution in [-0.4, -0.2) is 9.78 Å². The van der Waals surface area contributed by atoms with Crippen molar-refractivity contribution in [1.82, 2.24) is 9.78 Å². The summed E-state index contributed by atoms with van der Waals surface area (Å²) in [6.45, 7) is 4.31. The van der Waals surface area contributed by atoms with E-state index in [0.717, 1.165) is 23.9 Å². The normalized spacial score (nSPS) is 10.8. The first kappa shape index (κ1) is 12.4. The van der Waals surface area contributed by atoms with E-state index in [2.05, 4.69) is 63.8 Å². The van der Waals surface area contributed by atoms with Crippen molar-refractivity contribution in [2.24, 2.45) is 0 Å². The van der Waals surface area contributed by atoms with Gasteiger partial charge in [0.25, 0.3) is 0 Å². The van der Waals surface area contributed by atoms with Gasteiger partial charge in [0.15, 0.2) is 0 Å². The Morgan fingerprint density at radius 2 is 2.18 bits per heavy atom. The van der Waals surface area contributed by atoms with Crippen LogP contribution in [0.15, 0.2) is 30.5 Å². The molecule has 0 fully saturated rings. The van der Waals surface area contributed by atoms with Crippen LogP contribution in [-0.2, 0) is 11.8 Å². The lowest BCUT2D eigenvalue weighted by Gasteiger charge is -2.08. The fraction of sp³-hybridized carbons (Fsp3) is 0.357. The highest BCUT2D eigenvalue weighted by Gasteiger charge is 2.10. The average Bonchev–Trinajstić information content (AvgIpc) is 2.72. The van der Waals surface area contributed by atoms with E-state index in [0.29, 0.717) is 0 Å². The summed E-state index contributed by atoms with van der Waals surface area (Å²) in [4.78, 5) is 0. The molecule has 1 aromatic heterocycles. The predicted octanol–water partition coefficient (Wildman–Crippen LogP) is 4.03. The van der Waals surface area contributed by atoms with Crippen LogP contribution in [0.4, 0.5) is 0 Å². The summed E-state index contributed by atoms with van der Waals surface area (Å²) >= 11 is 3.53. The molecule has 0 aliphatic carbocycles. The largest absolute Gasteiger partial charge is 0.238 e. The smallest absolute Gasteiger partial charge is 0.0651 e. The molecule has 0 saturated heterocycles. The van der Waals surface area contributed by atoms with Gasteiger partial charge in [-0.3, -0.25) is 0 Å². The second-order valence-electron chi connectivity index (χ2n) is 4.25. The van der Waals surface area contributed by atoms with Crippen molar-refractivity contribution in [2.75, 3.05) is 0 Å². The molecule has 2 rings (SSSR count). The Morgan fingerprint density at radius 1 is 1.35 bits per heavy atom. The summed E-state index contributed by atoms with van der Waals surface area (Å²) in [5.74, 6) is 0. The van der Waals surface area contributed by atoms with Gasteiger partial charge in [-0.05, 0) is 31.0 Å². The number of rotatable bonds is 4. The van der Waals surface area contributed by atoms with Gasteiger partial charge < -0.3 is 0 Å². The number of hydrogen-bond acceptors (Lipinski definition) is 1. The Hall–Kier alpha value is -1.09. The Labute approximate surface area is 111 Å². The number of benzene rings is 1. The number of aryl methyl sites for hydroxylation is 1. The van der Waals surface area contributed by atoms with E-state index >= 15 is 0 Å². The van der Waals surface area contributed by atoms with E-state index in [1.165, 1.54) is 16.8 Å². The molecule has 0 bridgehead atoms. The van der Waals surface area contributed by atoms with E-state index in [1.54, 1.807) is 0 Å². The molecule has 2 aromatic rings. The lowest BCUT2D eigenvalue weighted by molar-refractivity contribution is 0.771. The summed E-state index contributed by atoms with van der Waals surface area (Å²) in [6, 6.07) is 8.47. The van der Waals surface area contributed by atoms with E-state index in [1.807, 2.05) is 6.20 Å². The van der Waals surface area contributed by atoms with Crippen LogP contribution < -0.4 is 0 Å². The molecule has 0 spiro atoms.